The first-order chi connectivity index (χ1) is 14.9. The Morgan fingerprint density at radius 3 is 2.48 bits per heavy atom. The number of carbonyl (C=O) groups excluding carboxylic acids is 2. The molecule has 8 nitrogen and oxygen atoms in total. The van der Waals surface area contributed by atoms with E-state index in [-0.39, 0.29) is 24.3 Å². The molecule has 8 heteroatoms. The number of fused-ring (bicyclic) bond motifs is 1. The Kier molecular flexibility index (Phi) is 7.02. The number of aromatic nitrogens is 2. The van der Waals surface area contributed by atoms with E-state index in [1.165, 1.54) is 10.2 Å². The van der Waals surface area contributed by atoms with E-state index < -0.39 is 11.8 Å². The van der Waals surface area contributed by atoms with Gasteiger partial charge < -0.3 is 4.74 Å². The van der Waals surface area contributed by atoms with Crippen LogP contribution in [0.15, 0.2) is 47.3 Å². The molecule has 0 unspecified atom stereocenters. The zero-order valence-electron chi connectivity index (χ0n) is 17.9. The third kappa shape index (κ3) is 5.28. The Hall–Kier alpha value is -3.68. The van der Waals surface area contributed by atoms with Crippen molar-refractivity contribution in [3.8, 4) is 5.75 Å². The van der Waals surface area contributed by atoms with Crippen molar-refractivity contribution in [2.24, 2.45) is 0 Å². The van der Waals surface area contributed by atoms with Crippen LogP contribution < -0.4 is 21.1 Å². The summed E-state index contributed by atoms with van der Waals surface area (Å²) in [5.41, 5.74) is 6.85. The van der Waals surface area contributed by atoms with Crippen LogP contribution in [0.3, 0.4) is 0 Å². The zero-order chi connectivity index (χ0) is 22.4. The molecule has 3 aromatic rings. The number of amides is 2. The maximum Gasteiger partial charge on any atom is 0.290 e. The molecule has 0 atom stereocenters. The highest BCUT2D eigenvalue weighted by molar-refractivity contribution is 6.05. The molecule has 0 aliphatic heterocycles. The summed E-state index contributed by atoms with van der Waals surface area (Å²) in [6, 6.07) is 12.5. The van der Waals surface area contributed by atoms with Crippen molar-refractivity contribution >= 4 is 22.6 Å². The molecule has 0 aliphatic rings. The molecule has 0 aliphatic carbocycles. The average molecular weight is 422 g/mol. The predicted octanol–water partition coefficient (Wildman–Crippen LogP) is 2.65. The number of ether oxygens (including phenoxy) is 1. The van der Waals surface area contributed by atoms with Crippen LogP contribution in [0.25, 0.3) is 10.8 Å². The largest absolute Gasteiger partial charge is 0.493 e. The van der Waals surface area contributed by atoms with Crippen LogP contribution in [0, 0.1) is 13.8 Å². The average Bonchev–Trinajstić information content (AvgIpc) is 2.76. The Bertz CT molecular complexity index is 1170. The zero-order valence-corrected chi connectivity index (χ0v) is 17.9. The predicted molar refractivity (Wildman–Crippen MR) is 118 cm³/mol. The lowest BCUT2D eigenvalue weighted by molar-refractivity contribution is -0.122. The van der Waals surface area contributed by atoms with Crippen LogP contribution in [0.4, 0.5) is 0 Å². The molecule has 2 aromatic carbocycles. The van der Waals surface area contributed by atoms with Crippen molar-refractivity contribution in [3.63, 3.8) is 0 Å². The van der Waals surface area contributed by atoms with Crippen LogP contribution in [0.2, 0.25) is 0 Å². The lowest BCUT2D eigenvalue weighted by Gasteiger charge is -2.12. The van der Waals surface area contributed by atoms with E-state index in [1.54, 1.807) is 24.3 Å². The number of nitrogens with one attached hydrogen (secondary N) is 2. The first-order valence-electron chi connectivity index (χ1n) is 10.2. The highest BCUT2D eigenvalue weighted by Gasteiger charge is 2.17. The van der Waals surface area contributed by atoms with Crippen molar-refractivity contribution in [1.29, 1.82) is 0 Å². The Balaban J connectivity index is 1.61. The molecule has 0 saturated heterocycles. The van der Waals surface area contributed by atoms with Crippen molar-refractivity contribution in [3.05, 3.63) is 69.6 Å². The summed E-state index contributed by atoms with van der Waals surface area (Å²) in [6.45, 7) is 6.50. The van der Waals surface area contributed by atoms with Gasteiger partial charge in [-0.2, -0.15) is 5.10 Å². The van der Waals surface area contributed by atoms with Crippen molar-refractivity contribution in [2.45, 2.75) is 40.2 Å². The number of hydrogen-bond donors (Lipinski definition) is 2. The summed E-state index contributed by atoms with van der Waals surface area (Å²) in [5.74, 6) is -0.304. The maximum absolute atomic E-state index is 12.7. The summed E-state index contributed by atoms with van der Waals surface area (Å²) in [4.78, 5) is 37.3. The lowest BCUT2D eigenvalue weighted by atomic mass is 10.1. The second-order valence-electron chi connectivity index (χ2n) is 7.27. The van der Waals surface area contributed by atoms with Gasteiger partial charge in [0.05, 0.1) is 18.4 Å². The topological polar surface area (TPSA) is 102 Å². The van der Waals surface area contributed by atoms with E-state index in [4.69, 9.17) is 4.74 Å². The van der Waals surface area contributed by atoms with Gasteiger partial charge in [0.25, 0.3) is 11.5 Å². The molecule has 0 fully saturated rings. The van der Waals surface area contributed by atoms with Crippen molar-refractivity contribution in [2.75, 3.05) is 6.61 Å². The van der Waals surface area contributed by atoms with Gasteiger partial charge in [-0.25, -0.2) is 4.68 Å². The minimum absolute atomic E-state index is 0.0662. The third-order valence-corrected chi connectivity index (χ3v) is 4.91. The van der Waals surface area contributed by atoms with Crippen LogP contribution >= 0.6 is 0 Å². The normalized spacial score (nSPS) is 10.7. The second kappa shape index (κ2) is 9.88. The summed E-state index contributed by atoms with van der Waals surface area (Å²) in [7, 11) is 0. The summed E-state index contributed by atoms with van der Waals surface area (Å²) >= 11 is 0. The minimum Gasteiger partial charge on any atom is -0.493 e. The fraction of sp³-hybridized carbons (Fsp3) is 0.304. The highest BCUT2D eigenvalue weighted by Crippen LogP contribution is 2.16. The van der Waals surface area contributed by atoms with Crippen molar-refractivity contribution < 1.29 is 14.3 Å². The van der Waals surface area contributed by atoms with Gasteiger partial charge in [-0.3, -0.25) is 25.2 Å². The second-order valence-corrected chi connectivity index (χ2v) is 7.27. The SMILES string of the molecule is CCCn1nc(C(=O)NNC(=O)CCOc2ccc(C)c(C)c2)c2ccccc2c1=O. The molecule has 1 heterocycles. The minimum atomic E-state index is -0.593. The lowest BCUT2D eigenvalue weighted by Crippen LogP contribution is -2.43. The van der Waals surface area contributed by atoms with Gasteiger partial charge in [0.15, 0.2) is 5.69 Å². The number of aryl methyl sites for hydroxylation is 3. The summed E-state index contributed by atoms with van der Waals surface area (Å²) in [6.07, 6.45) is 0.764. The third-order valence-electron chi connectivity index (χ3n) is 4.91. The molecule has 3 rings (SSSR count). The van der Waals surface area contributed by atoms with E-state index in [0.29, 0.717) is 29.5 Å². The number of carbonyl (C=O) groups is 2. The molecule has 2 N–H and O–H groups in total. The number of rotatable bonds is 7. The smallest absolute Gasteiger partial charge is 0.290 e. The monoisotopic (exact) mass is 422 g/mol. The quantitative estimate of drug-likeness (QED) is 0.570. The number of hydrogen-bond acceptors (Lipinski definition) is 5. The number of hydrazine groups is 1. The molecular formula is C23H26N4O4. The number of nitrogens with zero attached hydrogens (tertiary/aromatic N) is 2. The fourth-order valence-electron chi connectivity index (χ4n) is 3.08. The fourth-order valence-corrected chi connectivity index (χ4v) is 3.08. The van der Waals surface area contributed by atoms with E-state index >= 15 is 0 Å². The Morgan fingerprint density at radius 2 is 1.77 bits per heavy atom. The van der Waals surface area contributed by atoms with Gasteiger partial charge in [-0.05, 0) is 49.6 Å². The van der Waals surface area contributed by atoms with Crippen LogP contribution in [0.5, 0.6) is 5.75 Å². The van der Waals surface area contributed by atoms with Crippen molar-refractivity contribution in [1.82, 2.24) is 20.6 Å². The van der Waals surface area contributed by atoms with E-state index in [2.05, 4.69) is 16.0 Å². The molecule has 2 amide bonds. The van der Waals surface area contributed by atoms with Crippen LogP contribution in [-0.4, -0.2) is 28.2 Å². The highest BCUT2D eigenvalue weighted by atomic mass is 16.5. The van der Waals surface area contributed by atoms with Gasteiger partial charge in [0.2, 0.25) is 5.91 Å². The summed E-state index contributed by atoms with van der Waals surface area (Å²) < 4.78 is 6.87. The van der Waals surface area contributed by atoms with Crippen LogP contribution in [-0.2, 0) is 11.3 Å². The maximum atomic E-state index is 12.7. The van der Waals surface area contributed by atoms with Gasteiger partial charge in [-0.1, -0.05) is 31.2 Å². The van der Waals surface area contributed by atoms with Gasteiger partial charge in [0.1, 0.15) is 5.75 Å². The standard InChI is InChI=1S/C23H26N4O4/c1-4-12-27-23(30)19-8-6-5-7-18(19)21(26-27)22(29)25-24-20(28)11-13-31-17-10-9-15(2)16(3)14-17/h5-10,14H,4,11-13H2,1-3H3,(H,24,28)(H,25,29). The van der Waals surface area contributed by atoms with E-state index in [9.17, 15) is 14.4 Å². The molecule has 0 bridgehead atoms. The molecule has 1 aromatic heterocycles. The molecule has 31 heavy (non-hydrogen) atoms. The van der Waals surface area contributed by atoms with E-state index in [0.717, 1.165) is 5.56 Å². The molecule has 162 valence electrons. The molecular weight excluding hydrogens is 396 g/mol. The van der Waals surface area contributed by atoms with Gasteiger partial charge >= 0.3 is 0 Å². The molecule has 0 spiro atoms. The molecule has 0 radical (unpaired) electrons. The van der Waals surface area contributed by atoms with E-state index in [1.807, 2.05) is 39.0 Å². The Morgan fingerprint density at radius 1 is 1.03 bits per heavy atom. The van der Waals surface area contributed by atoms with Gasteiger partial charge in [0, 0.05) is 11.9 Å². The first kappa shape index (κ1) is 22.0. The van der Waals surface area contributed by atoms with Gasteiger partial charge in [-0.15, -0.1) is 0 Å². The number of benzene rings is 2. The Labute approximate surface area is 180 Å². The first-order valence-corrected chi connectivity index (χ1v) is 10.2. The summed E-state index contributed by atoms with van der Waals surface area (Å²) in [5, 5.41) is 5.04. The van der Waals surface area contributed by atoms with Crippen LogP contribution in [0.1, 0.15) is 41.4 Å². The molecule has 0 saturated carbocycles.